The topological polar surface area (TPSA) is 172 Å². The zero-order valence-electron chi connectivity index (χ0n) is 16.5. The number of para-hydroxylation sites is 1. The van der Waals surface area contributed by atoms with Gasteiger partial charge in [0.05, 0.1) is 19.1 Å². The molecule has 1 saturated heterocycles. The van der Waals surface area contributed by atoms with Gasteiger partial charge in [-0.05, 0) is 18.9 Å². The first kappa shape index (κ1) is 26.7. The van der Waals surface area contributed by atoms with Gasteiger partial charge in [0.2, 0.25) is 0 Å². The molecule has 1 aliphatic heterocycles. The number of hydrogen-bond acceptors (Lipinski definition) is 9. The van der Waals surface area contributed by atoms with E-state index in [-0.39, 0.29) is 40.9 Å². The molecule has 12 heteroatoms. The monoisotopic (exact) mass is 439 g/mol. The van der Waals surface area contributed by atoms with Crippen molar-refractivity contribution in [1.29, 1.82) is 0 Å². The van der Waals surface area contributed by atoms with E-state index in [1.807, 2.05) is 0 Å². The average Bonchev–Trinajstić information content (AvgIpc) is 2.68. The second-order valence-electron chi connectivity index (χ2n) is 6.63. The number of halogens is 1. The van der Waals surface area contributed by atoms with E-state index in [1.165, 1.54) is 24.3 Å². The normalized spacial score (nSPS) is 28.9. The summed E-state index contributed by atoms with van der Waals surface area (Å²) >= 11 is 0. The largest absolute Gasteiger partial charge is 1.00 e. The molecule has 0 saturated carbocycles. The van der Waals surface area contributed by atoms with Crippen LogP contribution in [0.15, 0.2) is 29.3 Å². The van der Waals surface area contributed by atoms with E-state index in [4.69, 9.17) is 14.6 Å². The summed E-state index contributed by atoms with van der Waals surface area (Å²) in [5, 5.41) is 60.8. The fourth-order valence-corrected chi connectivity index (χ4v) is 3.06. The van der Waals surface area contributed by atoms with Crippen LogP contribution in [-0.4, -0.2) is 80.3 Å². The number of aliphatic carboxylic acids is 1. The molecule has 0 bridgehead atoms. The van der Waals surface area contributed by atoms with Crippen LogP contribution >= 0.6 is 0 Å². The molecule has 1 aromatic carbocycles. The van der Waals surface area contributed by atoms with Gasteiger partial charge in [0, 0.05) is 5.56 Å². The Kier molecular flexibility index (Phi) is 10.1. The molecule has 0 aromatic heterocycles. The van der Waals surface area contributed by atoms with Crippen molar-refractivity contribution in [3.63, 3.8) is 0 Å². The molecule has 0 spiro atoms. The quantitative estimate of drug-likeness (QED) is 0.152. The summed E-state index contributed by atoms with van der Waals surface area (Å²) in [6, 6.07) is 4.21. The molecule has 1 aliphatic rings. The molecule has 6 atom stereocenters. The smallest absolute Gasteiger partial charge is 0.862 e. The third-order valence-electron chi connectivity index (χ3n) is 4.50. The van der Waals surface area contributed by atoms with Crippen molar-refractivity contribution in [1.82, 2.24) is 0 Å². The van der Waals surface area contributed by atoms with Crippen molar-refractivity contribution in [3.05, 3.63) is 29.8 Å². The van der Waals surface area contributed by atoms with E-state index in [9.17, 15) is 34.7 Å². The molecule has 0 aliphatic carbocycles. The molecule has 1 aromatic rings. The van der Waals surface area contributed by atoms with Crippen molar-refractivity contribution in [2.45, 2.75) is 56.3 Å². The van der Waals surface area contributed by atoms with Gasteiger partial charge in [0.25, 0.3) is 0 Å². The number of rotatable bonds is 8. The Labute approximate surface area is 193 Å². The minimum atomic E-state index is -2.58. The Bertz CT molecular complexity index is 748. The van der Waals surface area contributed by atoms with Gasteiger partial charge in [0.15, 0.2) is 0 Å². The molecule has 162 valence electrons. The van der Waals surface area contributed by atoms with Crippen LogP contribution in [0.1, 0.15) is 18.9 Å². The molecule has 0 amide bonds. The van der Waals surface area contributed by atoms with Crippen LogP contribution in [0.3, 0.4) is 0 Å². The number of carboxylic acids is 1. The Morgan fingerprint density at radius 3 is 2.60 bits per heavy atom. The maximum Gasteiger partial charge on any atom is 1.00 e. The van der Waals surface area contributed by atoms with Gasteiger partial charge < -0.3 is 40.1 Å². The summed E-state index contributed by atoms with van der Waals surface area (Å²) in [6.45, 7) is -0.798. The summed E-state index contributed by atoms with van der Waals surface area (Å²) < 4.78 is 24.1. The third kappa shape index (κ3) is 5.89. The van der Waals surface area contributed by atoms with Crippen LogP contribution in [0.5, 0.6) is 5.75 Å². The number of alkyl halides is 1. The van der Waals surface area contributed by atoms with E-state index in [1.54, 1.807) is 0 Å². The summed E-state index contributed by atoms with van der Waals surface area (Å²) in [4.78, 5) is 15.6. The SMILES string of the molecule is CC([O-])=N[C@H]1[C@H]([C@H](O)[C@H](O)CO)O[C@@](Oc2ccccc2CF)(C(=O)O)C[C@@H]1O.[Na+]. The Morgan fingerprint density at radius 1 is 1.43 bits per heavy atom. The van der Waals surface area contributed by atoms with E-state index in [0.717, 1.165) is 6.92 Å². The first-order valence-corrected chi connectivity index (χ1v) is 8.75. The van der Waals surface area contributed by atoms with Gasteiger partial charge in [0.1, 0.15) is 36.8 Å². The van der Waals surface area contributed by atoms with Crippen molar-refractivity contribution in [2.24, 2.45) is 4.99 Å². The standard InChI is InChI=1S/C18H24FNO9.Na/c1-9(22)20-14-11(23)6-18(17(26)27,29-16(14)15(25)12(24)8-21)28-13-5-3-2-4-10(13)7-19;/h2-5,11-12,14-16,21,23-25H,6-8H2,1H3,(H,20,22)(H,26,27);/q;+1/p-1/t11-,12+,14+,15+,16+,18+;/m0./s1. The van der Waals surface area contributed by atoms with Crippen molar-refractivity contribution in [2.75, 3.05) is 6.61 Å². The molecule has 0 unspecified atom stereocenters. The fourth-order valence-electron chi connectivity index (χ4n) is 3.06. The van der Waals surface area contributed by atoms with E-state index in [2.05, 4.69) is 4.99 Å². The van der Waals surface area contributed by atoms with Crippen molar-refractivity contribution in [3.8, 4) is 5.75 Å². The molecule has 5 N–H and O–H groups in total. The fraction of sp³-hybridized carbons (Fsp3) is 0.556. The predicted octanol–water partition coefficient (Wildman–Crippen LogP) is -4.67. The number of carboxylic acid groups (broad SMARTS) is 1. The van der Waals surface area contributed by atoms with E-state index in [0.29, 0.717) is 0 Å². The molecule has 30 heavy (non-hydrogen) atoms. The molecule has 0 radical (unpaired) electrons. The summed E-state index contributed by atoms with van der Waals surface area (Å²) in [7, 11) is 0. The summed E-state index contributed by atoms with van der Waals surface area (Å²) in [6.07, 6.45) is -7.75. The zero-order valence-corrected chi connectivity index (χ0v) is 18.5. The minimum Gasteiger partial charge on any atom is -0.862 e. The number of aliphatic imine (C=N–C) groups is 1. The molecule has 2 rings (SSSR count). The number of nitrogens with zero attached hydrogens (tertiary/aromatic N) is 1. The van der Waals surface area contributed by atoms with Gasteiger partial charge in [-0.1, -0.05) is 18.2 Å². The first-order chi connectivity index (χ1) is 13.6. The Morgan fingerprint density at radius 2 is 2.07 bits per heavy atom. The summed E-state index contributed by atoms with van der Waals surface area (Å²) in [5.41, 5.74) is 0.0225. The number of aliphatic hydroxyl groups is 4. The van der Waals surface area contributed by atoms with Crippen LogP contribution in [0.2, 0.25) is 0 Å². The second kappa shape index (κ2) is 11.3. The van der Waals surface area contributed by atoms with Gasteiger partial charge in [-0.25, -0.2) is 9.18 Å². The zero-order chi connectivity index (χ0) is 21.8. The number of hydrogen-bond donors (Lipinski definition) is 5. The summed E-state index contributed by atoms with van der Waals surface area (Å²) in [5.74, 6) is -5.17. The van der Waals surface area contributed by atoms with Crippen LogP contribution in [0, 0.1) is 0 Å². The van der Waals surface area contributed by atoms with Crippen LogP contribution < -0.4 is 39.4 Å². The average molecular weight is 439 g/mol. The number of carbonyl (C=O) groups is 1. The number of ether oxygens (including phenoxy) is 2. The Hall–Kier alpha value is -1.31. The molecule has 1 fully saturated rings. The van der Waals surface area contributed by atoms with E-state index >= 15 is 0 Å². The minimum absolute atomic E-state index is 0. The number of aliphatic hydroxyl groups excluding tert-OH is 4. The van der Waals surface area contributed by atoms with Crippen molar-refractivity contribution < 1.29 is 78.9 Å². The van der Waals surface area contributed by atoms with Gasteiger partial charge >= 0.3 is 41.3 Å². The first-order valence-electron chi connectivity index (χ1n) is 8.75. The molecule has 10 nitrogen and oxygen atoms in total. The predicted molar refractivity (Wildman–Crippen MR) is 93.7 cm³/mol. The van der Waals surface area contributed by atoms with Crippen LogP contribution in [-0.2, 0) is 16.2 Å². The molecular formula is C18H23FNNaO9. The maximum absolute atomic E-state index is 13.2. The van der Waals surface area contributed by atoms with Crippen LogP contribution in [0.25, 0.3) is 0 Å². The van der Waals surface area contributed by atoms with Gasteiger partial charge in [-0.2, -0.15) is 0 Å². The maximum atomic E-state index is 13.2. The second-order valence-corrected chi connectivity index (χ2v) is 6.63. The van der Waals surface area contributed by atoms with Crippen LogP contribution in [0.4, 0.5) is 4.39 Å². The Balaban J connectivity index is 0.00000450. The molecular weight excluding hydrogens is 416 g/mol. The van der Waals surface area contributed by atoms with Crippen molar-refractivity contribution >= 4 is 11.9 Å². The third-order valence-corrected chi connectivity index (χ3v) is 4.50. The van der Waals surface area contributed by atoms with Gasteiger partial charge in [-0.3, -0.25) is 4.99 Å². The molecule has 1 heterocycles. The van der Waals surface area contributed by atoms with E-state index < -0.39 is 67.8 Å². The van der Waals surface area contributed by atoms with Gasteiger partial charge in [-0.15, -0.1) is 0 Å². The number of benzene rings is 1.